The van der Waals surface area contributed by atoms with Gasteiger partial charge in [-0.2, -0.15) is 0 Å². The zero-order valence-corrected chi connectivity index (χ0v) is 13.8. The van der Waals surface area contributed by atoms with E-state index in [4.69, 9.17) is 0 Å². The molecule has 3 fully saturated rings. The molecule has 5 atom stereocenters. The first-order valence-corrected chi connectivity index (χ1v) is 8.98. The van der Waals surface area contributed by atoms with Crippen molar-refractivity contribution >= 4 is 11.7 Å². The zero-order valence-electron chi connectivity index (χ0n) is 13.8. The first-order chi connectivity index (χ1) is 10.5. The Hall–Kier alpha value is -1.12. The van der Waals surface area contributed by atoms with Crippen molar-refractivity contribution in [3.63, 3.8) is 0 Å². The maximum atomic E-state index is 12.5. The zero-order chi connectivity index (χ0) is 15.5. The lowest BCUT2D eigenvalue weighted by atomic mass is 9.53. The van der Waals surface area contributed by atoms with Crippen LogP contribution in [0.1, 0.15) is 58.8 Å². The van der Waals surface area contributed by atoms with Gasteiger partial charge >= 0.3 is 0 Å². The van der Waals surface area contributed by atoms with Crippen molar-refractivity contribution in [1.82, 2.24) is 4.90 Å². The van der Waals surface area contributed by atoms with E-state index in [9.17, 15) is 9.59 Å². The number of carbonyl (C=O) groups excluding carboxylic acids is 2. The molecule has 2 saturated carbocycles. The molecule has 3 heteroatoms. The fourth-order valence-corrected chi connectivity index (χ4v) is 6.30. The second-order valence-electron chi connectivity index (χ2n) is 8.37. The quantitative estimate of drug-likeness (QED) is 0.688. The number of piperidine rings is 1. The van der Waals surface area contributed by atoms with E-state index in [0.29, 0.717) is 23.5 Å². The first-order valence-electron chi connectivity index (χ1n) is 8.98. The Morgan fingerprint density at radius 2 is 1.91 bits per heavy atom. The second-order valence-corrected chi connectivity index (χ2v) is 8.37. The maximum absolute atomic E-state index is 12.5. The SMILES string of the molecule is C[C@]12CC[C@H]3[C@@H](CCN4C(=O)C=CCC[C@]34C)[C@@H]1CCC2=O. The number of fused-ring (bicyclic) bond motifs is 5. The average molecular weight is 301 g/mol. The lowest BCUT2D eigenvalue weighted by Gasteiger charge is -2.58. The Kier molecular flexibility index (Phi) is 3.08. The molecule has 0 N–H and O–H groups in total. The van der Waals surface area contributed by atoms with E-state index in [1.807, 2.05) is 6.08 Å². The summed E-state index contributed by atoms with van der Waals surface area (Å²) in [5, 5.41) is 0. The molecule has 4 aliphatic rings. The van der Waals surface area contributed by atoms with Gasteiger partial charge < -0.3 is 4.90 Å². The van der Waals surface area contributed by atoms with Crippen molar-refractivity contribution in [3.8, 4) is 0 Å². The van der Waals surface area contributed by atoms with Crippen LogP contribution in [0.4, 0.5) is 0 Å². The monoisotopic (exact) mass is 301 g/mol. The molecule has 0 spiro atoms. The molecule has 2 aliphatic carbocycles. The standard InChI is InChI=1S/C19H27NO2/c1-18-11-8-15-13(14(18)6-7-16(18)21)9-12-20-17(22)5-3-4-10-19(15,20)2/h3,5,13-15H,4,6-12H2,1-2H3/t13-,14-,15-,18-,19+/m0/s1. The van der Waals surface area contributed by atoms with Gasteiger partial charge in [-0.1, -0.05) is 13.0 Å². The summed E-state index contributed by atoms with van der Waals surface area (Å²) in [4.78, 5) is 27.0. The van der Waals surface area contributed by atoms with E-state index in [0.717, 1.165) is 51.5 Å². The summed E-state index contributed by atoms with van der Waals surface area (Å²) in [7, 11) is 0. The summed E-state index contributed by atoms with van der Waals surface area (Å²) in [6.45, 7) is 5.41. The molecule has 1 amide bonds. The molecule has 4 rings (SSSR count). The summed E-state index contributed by atoms with van der Waals surface area (Å²) >= 11 is 0. The number of carbonyl (C=O) groups is 2. The van der Waals surface area contributed by atoms with Gasteiger partial charge in [-0.3, -0.25) is 9.59 Å². The fourth-order valence-electron chi connectivity index (χ4n) is 6.30. The third-order valence-electron chi connectivity index (χ3n) is 7.59. The van der Waals surface area contributed by atoms with Crippen molar-refractivity contribution in [3.05, 3.63) is 12.2 Å². The molecule has 2 heterocycles. The van der Waals surface area contributed by atoms with E-state index in [1.165, 1.54) is 0 Å². The second kappa shape index (κ2) is 4.69. The Bertz CT molecular complexity index is 554. The Morgan fingerprint density at radius 3 is 2.73 bits per heavy atom. The van der Waals surface area contributed by atoms with Crippen LogP contribution in [-0.2, 0) is 9.59 Å². The molecule has 0 aromatic rings. The molecule has 0 unspecified atom stereocenters. The van der Waals surface area contributed by atoms with Crippen LogP contribution < -0.4 is 0 Å². The van der Waals surface area contributed by atoms with Crippen molar-refractivity contribution in [2.75, 3.05) is 6.54 Å². The first kappa shape index (κ1) is 14.5. The van der Waals surface area contributed by atoms with Crippen LogP contribution in [0.2, 0.25) is 0 Å². The summed E-state index contributed by atoms with van der Waals surface area (Å²) in [6, 6.07) is 0. The molecule has 2 aliphatic heterocycles. The van der Waals surface area contributed by atoms with Crippen LogP contribution in [0.15, 0.2) is 12.2 Å². The minimum Gasteiger partial charge on any atom is -0.333 e. The van der Waals surface area contributed by atoms with Crippen LogP contribution in [0.5, 0.6) is 0 Å². The number of Topliss-reactive ketones (excluding diaryl/α,β-unsaturated/α-hetero) is 1. The smallest absolute Gasteiger partial charge is 0.246 e. The number of hydrogen-bond acceptors (Lipinski definition) is 2. The minimum absolute atomic E-state index is 0.00350. The number of rotatable bonds is 0. The van der Waals surface area contributed by atoms with Crippen LogP contribution >= 0.6 is 0 Å². The highest BCUT2D eigenvalue weighted by Crippen LogP contribution is 2.60. The van der Waals surface area contributed by atoms with Gasteiger partial charge in [0.2, 0.25) is 5.91 Å². The van der Waals surface area contributed by atoms with Gasteiger partial charge in [0.15, 0.2) is 0 Å². The van der Waals surface area contributed by atoms with Gasteiger partial charge in [-0.15, -0.1) is 0 Å². The highest BCUT2D eigenvalue weighted by Gasteiger charge is 2.59. The van der Waals surface area contributed by atoms with Gasteiger partial charge in [0, 0.05) is 23.9 Å². The van der Waals surface area contributed by atoms with E-state index in [-0.39, 0.29) is 16.9 Å². The predicted molar refractivity (Wildman–Crippen MR) is 85.2 cm³/mol. The molecule has 22 heavy (non-hydrogen) atoms. The topological polar surface area (TPSA) is 37.4 Å². The highest BCUT2D eigenvalue weighted by atomic mass is 16.2. The van der Waals surface area contributed by atoms with Crippen molar-refractivity contribution in [2.45, 2.75) is 64.3 Å². The summed E-state index contributed by atoms with van der Waals surface area (Å²) in [6.07, 6.45) is 11.0. The van der Waals surface area contributed by atoms with Crippen molar-refractivity contribution in [1.29, 1.82) is 0 Å². The number of nitrogens with zero attached hydrogens (tertiary/aromatic N) is 1. The molecule has 3 nitrogen and oxygen atoms in total. The summed E-state index contributed by atoms with van der Waals surface area (Å²) in [5.74, 6) is 2.48. The largest absolute Gasteiger partial charge is 0.333 e. The average Bonchev–Trinajstić information content (AvgIpc) is 2.70. The summed E-state index contributed by atoms with van der Waals surface area (Å²) < 4.78 is 0. The third kappa shape index (κ3) is 1.74. The Morgan fingerprint density at radius 1 is 1.09 bits per heavy atom. The molecule has 1 saturated heterocycles. The van der Waals surface area contributed by atoms with Crippen LogP contribution in [0.3, 0.4) is 0 Å². The van der Waals surface area contributed by atoms with Crippen molar-refractivity contribution in [2.24, 2.45) is 23.2 Å². The minimum atomic E-state index is -0.0628. The third-order valence-corrected chi connectivity index (χ3v) is 7.59. The van der Waals surface area contributed by atoms with E-state index in [1.54, 1.807) is 6.08 Å². The van der Waals surface area contributed by atoms with E-state index < -0.39 is 0 Å². The fraction of sp³-hybridized carbons (Fsp3) is 0.789. The Balaban J connectivity index is 1.69. The predicted octanol–water partition coefficient (Wildman–Crippen LogP) is 3.34. The van der Waals surface area contributed by atoms with Crippen LogP contribution in [0, 0.1) is 23.2 Å². The molecule has 0 bridgehead atoms. The van der Waals surface area contributed by atoms with Gasteiger partial charge in [-0.25, -0.2) is 0 Å². The lowest BCUT2D eigenvalue weighted by molar-refractivity contribution is -0.151. The van der Waals surface area contributed by atoms with E-state index in [2.05, 4.69) is 18.7 Å². The number of hydrogen-bond donors (Lipinski definition) is 0. The summed E-state index contributed by atoms with van der Waals surface area (Å²) in [5.41, 5.74) is -0.0663. The molecule has 120 valence electrons. The van der Waals surface area contributed by atoms with Gasteiger partial charge in [0.25, 0.3) is 0 Å². The normalized spacial score (nSPS) is 47.7. The van der Waals surface area contributed by atoms with E-state index >= 15 is 0 Å². The van der Waals surface area contributed by atoms with Gasteiger partial charge in [0.05, 0.1) is 0 Å². The molecular formula is C19H27NO2. The molecule has 0 aromatic heterocycles. The van der Waals surface area contributed by atoms with Gasteiger partial charge in [0.1, 0.15) is 5.78 Å². The molecule has 0 aromatic carbocycles. The highest BCUT2D eigenvalue weighted by molar-refractivity contribution is 5.89. The molecule has 0 radical (unpaired) electrons. The maximum Gasteiger partial charge on any atom is 0.246 e. The number of ketones is 1. The van der Waals surface area contributed by atoms with Gasteiger partial charge in [-0.05, 0) is 69.3 Å². The number of amides is 1. The Labute approximate surface area is 133 Å². The molecular weight excluding hydrogens is 274 g/mol. The van der Waals surface area contributed by atoms with Crippen LogP contribution in [0.25, 0.3) is 0 Å². The number of allylic oxidation sites excluding steroid dienone is 1. The van der Waals surface area contributed by atoms with Crippen molar-refractivity contribution < 1.29 is 9.59 Å². The lowest BCUT2D eigenvalue weighted by Crippen LogP contribution is -2.62. The van der Waals surface area contributed by atoms with Crippen LogP contribution in [-0.4, -0.2) is 28.7 Å².